The normalized spacial score (nSPS) is 13.0. The highest BCUT2D eigenvalue weighted by atomic mass is 16.6. The number of hydrogen-bond donors (Lipinski definition) is 2. The van der Waals surface area contributed by atoms with Gasteiger partial charge in [0.2, 0.25) is 6.04 Å². The van der Waals surface area contributed by atoms with Gasteiger partial charge in [0.1, 0.15) is 0 Å². The molecule has 22 heavy (non-hydrogen) atoms. The van der Waals surface area contributed by atoms with Gasteiger partial charge in [-0.05, 0) is 30.7 Å². The van der Waals surface area contributed by atoms with Gasteiger partial charge in [0.05, 0.1) is 0 Å². The average molecular weight is 306 g/mol. The number of oxime groups is 1. The zero-order valence-corrected chi connectivity index (χ0v) is 12.2. The lowest BCUT2D eigenvalue weighted by molar-refractivity contribution is -0.510. The third kappa shape index (κ3) is 5.70. The van der Waals surface area contributed by atoms with Crippen molar-refractivity contribution in [3.05, 3.63) is 46.8 Å². The van der Waals surface area contributed by atoms with Crippen molar-refractivity contribution in [3.63, 3.8) is 0 Å². The molecule has 0 fully saturated rings. The first kappa shape index (κ1) is 17.3. The van der Waals surface area contributed by atoms with Gasteiger partial charge >= 0.3 is 0 Å². The highest BCUT2D eigenvalue weighted by Crippen LogP contribution is 2.07. The van der Waals surface area contributed by atoms with Crippen LogP contribution in [-0.4, -0.2) is 32.8 Å². The van der Waals surface area contributed by atoms with Crippen molar-refractivity contribution in [1.29, 1.82) is 0 Å². The molecule has 0 aliphatic rings. The maximum Gasteiger partial charge on any atom is 0.277 e. The predicted octanol–water partition coefficient (Wildman–Crippen LogP) is 2.24. The molecule has 1 atom stereocenters. The van der Waals surface area contributed by atoms with E-state index >= 15 is 0 Å². The van der Waals surface area contributed by atoms with Crippen LogP contribution in [0.25, 0.3) is 0 Å². The minimum atomic E-state index is -0.912. The fourth-order valence-corrected chi connectivity index (χ4v) is 1.67. The van der Waals surface area contributed by atoms with Gasteiger partial charge in [-0.15, -0.1) is 0 Å². The molecule has 0 aliphatic carbocycles. The summed E-state index contributed by atoms with van der Waals surface area (Å²) < 4.78 is 0. The monoisotopic (exact) mass is 306 g/mol. The summed E-state index contributed by atoms with van der Waals surface area (Å²) in [5.74, 6) is -0.664. The molecule has 118 valence electrons. The maximum atomic E-state index is 11.9. The number of hydrogen-bond acceptors (Lipinski definition) is 6. The molecule has 0 saturated heterocycles. The van der Waals surface area contributed by atoms with E-state index in [-0.39, 0.29) is 5.71 Å². The highest BCUT2D eigenvalue weighted by molar-refractivity contribution is 6.46. The van der Waals surface area contributed by atoms with Crippen LogP contribution in [0.2, 0.25) is 0 Å². The molecule has 0 radical (unpaired) electrons. The van der Waals surface area contributed by atoms with Crippen LogP contribution in [0.3, 0.4) is 0 Å². The minimum Gasteiger partial charge on any atom is -0.410 e. The van der Waals surface area contributed by atoms with Crippen LogP contribution in [0.15, 0.2) is 41.8 Å². The van der Waals surface area contributed by atoms with Gasteiger partial charge in [-0.1, -0.05) is 18.5 Å². The Morgan fingerprint density at radius 3 is 2.77 bits per heavy atom. The molecule has 1 heterocycles. The summed E-state index contributed by atoms with van der Waals surface area (Å²) in [5.41, 5.74) is 0.173. The number of pyridine rings is 1. The maximum absolute atomic E-state index is 11.9. The van der Waals surface area contributed by atoms with E-state index in [1.54, 1.807) is 12.1 Å². The van der Waals surface area contributed by atoms with E-state index < -0.39 is 16.9 Å². The van der Waals surface area contributed by atoms with Gasteiger partial charge in [0.15, 0.2) is 5.71 Å². The number of amides is 1. The Balaban J connectivity index is 2.72. The van der Waals surface area contributed by atoms with Crippen LogP contribution < -0.4 is 5.32 Å². The Kier molecular flexibility index (Phi) is 7.24. The first-order chi connectivity index (χ1) is 10.6. The molecule has 0 bridgehead atoms. The van der Waals surface area contributed by atoms with Crippen LogP contribution in [0.5, 0.6) is 0 Å². The second-order valence-electron chi connectivity index (χ2n) is 4.53. The van der Waals surface area contributed by atoms with E-state index in [2.05, 4.69) is 15.5 Å². The average Bonchev–Trinajstić information content (AvgIpc) is 2.51. The SMILES string of the molecule is CCCCC(C=CC(=NO)C(=O)Nc1ccncc1)[N+](=O)[O-]. The standard InChI is InChI=1S/C14H18N4O4/c1-2-3-4-12(18(21)22)5-6-13(17-20)14(19)16-11-7-9-15-10-8-11/h5-10,12,20H,2-4H2,1H3,(H,15,16,19). The molecule has 1 aromatic heterocycles. The first-order valence-corrected chi connectivity index (χ1v) is 6.83. The summed E-state index contributed by atoms with van der Waals surface area (Å²) in [4.78, 5) is 26.2. The topological polar surface area (TPSA) is 118 Å². The van der Waals surface area contributed by atoms with E-state index in [0.717, 1.165) is 12.5 Å². The van der Waals surface area contributed by atoms with Crippen molar-refractivity contribution in [2.75, 3.05) is 5.32 Å². The lowest BCUT2D eigenvalue weighted by atomic mass is 10.1. The Bertz CT molecular complexity index is 557. The number of nitro groups is 1. The number of carbonyl (C=O) groups excluding carboxylic acids is 1. The molecule has 1 rings (SSSR count). The van der Waals surface area contributed by atoms with Crippen molar-refractivity contribution in [2.24, 2.45) is 5.16 Å². The summed E-state index contributed by atoms with van der Waals surface area (Å²) in [6, 6.07) is 2.22. The van der Waals surface area contributed by atoms with Crippen molar-refractivity contribution < 1.29 is 14.9 Å². The summed E-state index contributed by atoms with van der Waals surface area (Å²) in [6.07, 6.45) is 7.30. The van der Waals surface area contributed by atoms with Crippen LogP contribution in [0.1, 0.15) is 26.2 Å². The molecule has 0 aliphatic heterocycles. The molecule has 0 spiro atoms. The van der Waals surface area contributed by atoms with Crippen LogP contribution in [0, 0.1) is 10.1 Å². The third-order valence-electron chi connectivity index (χ3n) is 2.88. The molecule has 2 N–H and O–H groups in total. The molecular weight excluding hydrogens is 288 g/mol. The lowest BCUT2D eigenvalue weighted by Gasteiger charge is -2.05. The zero-order chi connectivity index (χ0) is 16.4. The van der Waals surface area contributed by atoms with E-state index in [9.17, 15) is 14.9 Å². The Hall–Kier alpha value is -2.77. The number of unbranched alkanes of at least 4 members (excludes halogenated alkanes) is 1. The van der Waals surface area contributed by atoms with E-state index in [1.807, 2.05) is 6.92 Å². The zero-order valence-electron chi connectivity index (χ0n) is 12.2. The van der Waals surface area contributed by atoms with E-state index in [0.29, 0.717) is 18.5 Å². The van der Waals surface area contributed by atoms with Crippen molar-refractivity contribution in [1.82, 2.24) is 4.98 Å². The molecule has 1 aromatic rings. The Labute approximate surface area is 127 Å². The van der Waals surface area contributed by atoms with Crippen LogP contribution >= 0.6 is 0 Å². The molecule has 8 nitrogen and oxygen atoms in total. The number of nitrogens with zero attached hydrogens (tertiary/aromatic N) is 3. The van der Waals surface area contributed by atoms with E-state index in [4.69, 9.17) is 5.21 Å². The molecule has 0 saturated carbocycles. The van der Waals surface area contributed by atoms with Gasteiger partial charge in [-0.3, -0.25) is 19.9 Å². The molecule has 1 unspecified atom stereocenters. The lowest BCUT2D eigenvalue weighted by Crippen LogP contribution is -2.23. The number of rotatable bonds is 8. The van der Waals surface area contributed by atoms with Crippen molar-refractivity contribution >= 4 is 17.3 Å². The van der Waals surface area contributed by atoms with Gasteiger partial charge in [-0.25, -0.2) is 0 Å². The minimum absolute atomic E-state index is 0.305. The number of anilines is 1. The molecular formula is C14H18N4O4. The second kappa shape index (κ2) is 9.22. The quantitative estimate of drug-likeness (QED) is 0.330. The molecule has 8 heteroatoms. The third-order valence-corrected chi connectivity index (χ3v) is 2.88. The smallest absolute Gasteiger partial charge is 0.277 e. The number of nitrogens with one attached hydrogen (secondary N) is 1. The number of carbonyl (C=O) groups is 1. The first-order valence-electron chi connectivity index (χ1n) is 6.83. The molecule has 1 amide bonds. The largest absolute Gasteiger partial charge is 0.410 e. The fourth-order valence-electron chi connectivity index (χ4n) is 1.67. The van der Waals surface area contributed by atoms with Gasteiger partial charge in [0, 0.05) is 29.4 Å². The van der Waals surface area contributed by atoms with Crippen molar-refractivity contribution in [2.45, 2.75) is 32.2 Å². The Morgan fingerprint density at radius 1 is 1.55 bits per heavy atom. The Morgan fingerprint density at radius 2 is 2.23 bits per heavy atom. The van der Waals surface area contributed by atoms with Gasteiger partial charge in [-0.2, -0.15) is 0 Å². The van der Waals surface area contributed by atoms with Crippen molar-refractivity contribution in [3.8, 4) is 0 Å². The van der Waals surface area contributed by atoms with Gasteiger partial charge in [0.25, 0.3) is 5.91 Å². The van der Waals surface area contributed by atoms with Crippen LogP contribution in [0.4, 0.5) is 5.69 Å². The summed E-state index contributed by atoms with van der Waals surface area (Å²) in [6.45, 7) is 1.93. The van der Waals surface area contributed by atoms with Gasteiger partial charge < -0.3 is 10.5 Å². The molecule has 0 aromatic carbocycles. The second-order valence-corrected chi connectivity index (χ2v) is 4.53. The summed E-state index contributed by atoms with van der Waals surface area (Å²) >= 11 is 0. The summed E-state index contributed by atoms with van der Waals surface area (Å²) in [7, 11) is 0. The highest BCUT2D eigenvalue weighted by Gasteiger charge is 2.17. The predicted molar refractivity (Wildman–Crippen MR) is 81.5 cm³/mol. The summed E-state index contributed by atoms with van der Waals surface area (Å²) in [5, 5.41) is 25.2. The fraction of sp³-hybridized carbons (Fsp3) is 0.357. The van der Waals surface area contributed by atoms with E-state index in [1.165, 1.54) is 18.5 Å². The van der Waals surface area contributed by atoms with Crippen LogP contribution in [-0.2, 0) is 4.79 Å². The number of aromatic nitrogens is 1.